The second-order valence-corrected chi connectivity index (χ2v) is 12.2. The maximum absolute atomic E-state index is 12.3. The van der Waals surface area contributed by atoms with Gasteiger partial charge in [0.1, 0.15) is 0 Å². The normalized spacial score (nSPS) is 15.3. The van der Waals surface area contributed by atoms with Crippen LogP contribution in [-0.4, -0.2) is 62.4 Å². The molecule has 0 aliphatic rings. The predicted molar refractivity (Wildman–Crippen MR) is 173 cm³/mol. The molecule has 0 aromatic heterocycles. The molecule has 3 unspecified atom stereocenters. The third kappa shape index (κ3) is 15.5. The van der Waals surface area contributed by atoms with Crippen LogP contribution in [-0.2, 0) is 14.4 Å². The Morgan fingerprint density at radius 1 is 0.476 bits per heavy atom. The van der Waals surface area contributed by atoms with Crippen molar-refractivity contribution in [3.05, 3.63) is 12.2 Å². The molecule has 0 bridgehead atoms. The molecule has 42 heavy (non-hydrogen) atoms. The van der Waals surface area contributed by atoms with Crippen LogP contribution in [0.25, 0.3) is 0 Å². The Labute approximate surface area is 257 Å². The molecule has 3 atom stereocenters. The van der Waals surface area contributed by atoms with Crippen molar-refractivity contribution in [1.82, 2.24) is 0 Å². The summed E-state index contributed by atoms with van der Waals surface area (Å²) in [4.78, 5) is 36.8. The third-order valence-corrected chi connectivity index (χ3v) is 9.07. The first-order valence-corrected chi connectivity index (χ1v) is 17.4. The summed E-state index contributed by atoms with van der Waals surface area (Å²) in [6.07, 6.45) is 29.0. The fourth-order valence-electron chi connectivity index (χ4n) is 6.73. The Balaban J connectivity index is 4.43. The van der Waals surface area contributed by atoms with Crippen LogP contribution in [0.5, 0.6) is 0 Å². The molecule has 0 amide bonds. The van der Waals surface area contributed by atoms with E-state index in [1.165, 1.54) is 103 Å². The first-order chi connectivity index (χ1) is 20.2. The molecule has 0 aromatic rings. The maximum Gasteiger partial charge on any atom is 0.362 e. The fraction of sp³-hybridized carbons (Fsp3) is 0.857. The highest BCUT2D eigenvalue weighted by Gasteiger charge is 2.55. The van der Waals surface area contributed by atoms with Gasteiger partial charge in [0.2, 0.25) is 0 Å². The van der Waals surface area contributed by atoms with E-state index in [0.717, 1.165) is 19.3 Å². The Morgan fingerprint density at radius 3 is 1.02 bits per heavy atom. The zero-order valence-electron chi connectivity index (χ0n) is 27.7. The molecule has 3 N–H and O–H groups in total. The van der Waals surface area contributed by atoms with Gasteiger partial charge in [-0.15, -0.1) is 0 Å². The number of nitrogens with zero attached hydrogens (tertiary/aromatic N) is 1. The molecular weight excluding hydrogens is 530 g/mol. The van der Waals surface area contributed by atoms with Crippen LogP contribution in [0.4, 0.5) is 0 Å². The molecule has 0 aromatic carbocycles. The average molecular weight is 597 g/mol. The third-order valence-electron chi connectivity index (χ3n) is 9.07. The molecule has 246 valence electrons. The zero-order valence-corrected chi connectivity index (χ0v) is 27.7. The highest BCUT2D eigenvalue weighted by Crippen LogP contribution is 2.31. The number of unbranched alkanes of at least 4 members (excludes halogenated alkanes) is 18. The maximum atomic E-state index is 12.3. The summed E-state index contributed by atoms with van der Waals surface area (Å²) in [5.41, 5.74) is 0. The van der Waals surface area contributed by atoms with Crippen LogP contribution in [0.3, 0.4) is 0 Å². The molecular formula is C35H66NO6+. The molecule has 0 saturated carbocycles. The van der Waals surface area contributed by atoms with E-state index in [2.05, 4.69) is 6.92 Å². The summed E-state index contributed by atoms with van der Waals surface area (Å²) in [6, 6.07) is -3.33. The Bertz CT molecular complexity index is 682. The lowest BCUT2D eigenvalue weighted by Gasteiger charge is -2.49. The average Bonchev–Trinajstić information content (AvgIpc) is 2.94. The van der Waals surface area contributed by atoms with E-state index in [1.54, 1.807) is 20.8 Å². The number of quaternary nitrogens is 1. The number of rotatable bonds is 30. The van der Waals surface area contributed by atoms with Gasteiger partial charge in [-0.05, 0) is 18.9 Å². The number of allylic oxidation sites excluding steroid dienone is 1. The van der Waals surface area contributed by atoms with Crippen LogP contribution in [0.15, 0.2) is 12.2 Å². The van der Waals surface area contributed by atoms with Crippen molar-refractivity contribution < 1.29 is 34.2 Å². The van der Waals surface area contributed by atoms with Crippen LogP contribution < -0.4 is 0 Å². The summed E-state index contributed by atoms with van der Waals surface area (Å²) in [7, 11) is 0. The number of hydrogen-bond donors (Lipinski definition) is 3. The molecule has 0 saturated heterocycles. The van der Waals surface area contributed by atoms with Crippen molar-refractivity contribution in [2.24, 2.45) is 0 Å². The van der Waals surface area contributed by atoms with Gasteiger partial charge in [-0.1, -0.05) is 143 Å². The van der Waals surface area contributed by atoms with Gasteiger partial charge in [-0.2, -0.15) is 0 Å². The first-order valence-electron chi connectivity index (χ1n) is 17.4. The number of aliphatic carboxylic acids is 3. The van der Waals surface area contributed by atoms with E-state index in [-0.39, 0.29) is 25.8 Å². The van der Waals surface area contributed by atoms with E-state index in [4.69, 9.17) is 0 Å². The monoisotopic (exact) mass is 596 g/mol. The van der Waals surface area contributed by atoms with E-state index in [0.29, 0.717) is 0 Å². The van der Waals surface area contributed by atoms with Gasteiger partial charge in [0, 0.05) is 19.3 Å². The van der Waals surface area contributed by atoms with Gasteiger partial charge in [0.25, 0.3) is 0 Å². The number of carboxylic acids is 3. The SMILES string of the molecule is CCCCCCCCCCCCCCCCCCCC/C=C/C[N+](C(CC)C(=O)O)(C(CC)C(=O)O)C(CC)C(=O)O. The fourth-order valence-corrected chi connectivity index (χ4v) is 6.73. The minimum absolute atomic E-state index is 0.0828. The van der Waals surface area contributed by atoms with Crippen molar-refractivity contribution in [3.8, 4) is 0 Å². The molecule has 7 heteroatoms. The number of carboxylic acid groups (broad SMARTS) is 3. The minimum atomic E-state index is -1.14. The summed E-state index contributed by atoms with van der Waals surface area (Å²) < 4.78 is -0.487. The zero-order chi connectivity index (χ0) is 31.6. The Hall–Kier alpha value is -1.89. The highest BCUT2D eigenvalue weighted by molar-refractivity contribution is 5.78. The molecule has 7 nitrogen and oxygen atoms in total. The van der Waals surface area contributed by atoms with Gasteiger partial charge >= 0.3 is 17.9 Å². The number of hydrogen-bond acceptors (Lipinski definition) is 3. The van der Waals surface area contributed by atoms with Gasteiger partial charge in [-0.3, -0.25) is 4.48 Å². The molecule has 0 fully saturated rings. The van der Waals surface area contributed by atoms with E-state index in [9.17, 15) is 29.7 Å². The van der Waals surface area contributed by atoms with Crippen molar-refractivity contribution in [2.45, 2.75) is 187 Å². The number of carbonyl (C=O) groups is 3. The largest absolute Gasteiger partial charge is 0.477 e. The predicted octanol–water partition coefficient (Wildman–Crippen LogP) is 9.38. The lowest BCUT2D eigenvalue weighted by atomic mass is 9.94. The van der Waals surface area contributed by atoms with Crippen molar-refractivity contribution in [1.29, 1.82) is 0 Å². The molecule has 0 aliphatic heterocycles. The molecule has 0 radical (unpaired) electrons. The lowest BCUT2D eigenvalue weighted by molar-refractivity contribution is -0.968. The van der Waals surface area contributed by atoms with Gasteiger partial charge in [0.15, 0.2) is 18.1 Å². The molecule has 0 rings (SSSR count). The highest BCUT2D eigenvalue weighted by atomic mass is 16.4. The van der Waals surface area contributed by atoms with Crippen molar-refractivity contribution in [2.75, 3.05) is 6.54 Å². The van der Waals surface area contributed by atoms with Crippen molar-refractivity contribution in [3.63, 3.8) is 0 Å². The van der Waals surface area contributed by atoms with Crippen molar-refractivity contribution >= 4 is 17.9 Å². The van der Waals surface area contributed by atoms with Gasteiger partial charge < -0.3 is 15.3 Å². The molecule has 0 spiro atoms. The lowest BCUT2D eigenvalue weighted by Crippen LogP contribution is -2.72. The smallest absolute Gasteiger partial charge is 0.362 e. The summed E-state index contributed by atoms with van der Waals surface area (Å²) in [5.74, 6) is -3.43. The quantitative estimate of drug-likeness (QED) is 0.0433. The topological polar surface area (TPSA) is 112 Å². The van der Waals surface area contributed by atoms with Gasteiger partial charge in [0.05, 0.1) is 6.54 Å². The molecule has 0 heterocycles. The van der Waals surface area contributed by atoms with Crippen LogP contribution in [0, 0.1) is 0 Å². The van der Waals surface area contributed by atoms with E-state index < -0.39 is 40.5 Å². The van der Waals surface area contributed by atoms with E-state index >= 15 is 0 Å². The van der Waals surface area contributed by atoms with Crippen LogP contribution in [0.2, 0.25) is 0 Å². The van der Waals surface area contributed by atoms with Crippen LogP contribution >= 0.6 is 0 Å². The summed E-state index contributed by atoms with van der Waals surface area (Å²) in [5, 5.41) is 30.0. The summed E-state index contributed by atoms with van der Waals surface area (Å²) >= 11 is 0. The van der Waals surface area contributed by atoms with Gasteiger partial charge in [-0.25, -0.2) is 14.4 Å². The van der Waals surface area contributed by atoms with E-state index in [1.807, 2.05) is 12.2 Å². The Morgan fingerprint density at radius 2 is 0.762 bits per heavy atom. The second kappa shape index (κ2) is 25.6. The summed E-state index contributed by atoms with van der Waals surface area (Å²) in [6.45, 7) is 7.43. The standard InChI is InChI=1S/C35H65NO6/c1-5-9-10-11-12-13-14-15-16-17-18-19-20-21-22-23-24-25-26-27-28-29-36(30(6-2)33(37)38,31(7-3)34(39)40)32(8-4)35(41)42/h27-28,30-32H,5-26,29H2,1-4H3,(H2-,37,38,39,40,41,42)/p+1/b28-27+. The second-order valence-electron chi connectivity index (χ2n) is 12.2. The first kappa shape index (κ1) is 40.1. The van der Waals surface area contributed by atoms with Crippen LogP contribution in [0.1, 0.15) is 169 Å². The minimum Gasteiger partial charge on any atom is -0.477 e. The molecule has 0 aliphatic carbocycles. The Kier molecular flexibility index (Phi) is 24.4.